The molecule has 6 nitrogen and oxygen atoms in total. The molecule has 1 amide bonds. The first-order valence-electron chi connectivity index (χ1n) is 6.19. The number of pyridine rings is 1. The van der Waals surface area contributed by atoms with Gasteiger partial charge in [0.15, 0.2) is 0 Å². The minimum atomic E-state index is -1.14. The van der Waals surface area contributed by atoms with Gasteiger partial charge in [0, 0.05) is 12.6 Å². The first kappa shape index (κ1) is 13.5. The summed E-state index contributed by atoms with van der Waals surface area (Å²) < 4.78 is 5.40. The van der Waals surface area contributed by atoms with Gasteiger partial charge in [0.05, 0.1) is 6.10 Å². The average molecular weight is 264 g/mol. The number of hydrogen-bond donors (Lipinski definition) is 2. The normalized spacial score (nSPS) is 22.8. The van der Waals surface area contributed by atoms with Crippen LogP contribution in [0.25, 0.3) is 0 Å². The van der Waals surface area contributed by atoms with E-state index in [2.05, 4.69) is 10.3 Å². The second kappa shape index (κ2) is 5.79. The monoisotopic (exact) mass is 264 g/mol. The number of aromatic nitrogens is 1. The predicted octanol–water partition coefficient (Wildman–Crippen LogP) is 1.08. The topological polar surface area (TPSA) is 88.5 Å². The Hall–Kier alpha value is -1.95. The van der Waals surface area contributed by atoms with Gasteiger partial charge < -0.3 is 15.2 Å². The van der Waals surface area contributed by atoms with E-state index in [9.17, 15) is 9.59 Å². The highest BCUT2D eigenvalue weighted by Gasteiger charge is 2.22. The molecule has 2 rings (SSSR count). The Morgan fingerprint density at radius 2 is 2.16 bits per heavy atom. The van der Waals surface area contributed by atoms with Crippen molar-refractivity contribution in [3.8, 4) is 0 Å². The maximum Gasteiger partial charge on any atom is 0.354 e. The third kappa shape index (κ3) is 3.51. The molecule has 0 aliphatic carbocycles. The molecule has 2 unspecified atom stereocenters. The molecule has 2 N–H and O–H groups in total. The SMILES string of the molecule is CC1CC(NC(=O)c2cccc(C(=O)O)n2)CCO1. The first-order valence-corrected chi connectivity index (χ1v) is 6.19. The zero-order valence-electron chi connectivity index (χ0n) is 10.6. The van der Waals surface area contributed by atoms with E-state index in [1.807, 2.05) is 6.92 Å². The summed E-state index contributed by atoms with van der Waals surface area (Å²) in [6.45, 7) is 2.58. The van der Waals surface area contributed by atoms with Crippen LogP contribution in [0.15, 0.2) is 18.2 Å². The lowest BCUT2D eigenvalue weighted by Gasteiger charge is -2.27. The zero-order valence-corrected chi connectivity index (χ0v) is 10.6. The number of nitrogens with one attached hydrogen (secondary N) is 1. The third-order valence-electron chi connectivity index (χ3n) is 3.02. The molecule has 0 aromatic carbocycles. The molecule has 0 spiro atoms. The molecule has 2 heterocycles. The number of rotatable bonds is 3. The van der Waals surface area contributed by atoms with Crippen LogP contribution >= 0.6 is 0 Å². The van der Waals surface area contributed by atoms with E-state index in [1.165, 1.54) is 18.2 Å². The van der Waals surface area contributed by atoms with Crippen molar-refractivity contribution >= 4 is 11.9 Å². The number of carboxylic acid groups (broad SMARTS) is 1. The quantitative estimate of drug-likeness (QED) is 0.852. The van der Waals surface area contributed by atoms with Crippen molar-refractivity contribution in [2.75, 3.05) is 6.61 Å². The van der Waals surface area contributed by atoms with Gasteiger partial charge in [-0.1, -0.05) is 6.07 Å². The molecule has 1 aliphatic rings. The Balaban J connectivity index is 2.03. The Morgan fingerprint density at radius 1 is 1.42 bits per heavy atom. The van der Waals surface area contributed by atoms with Gasteiger partial charge in [-0.3, -0.25) is 4.79 Å². The van der Waals surface area contributed by atoms with Crippen LogP contribution in [0.2, 0.25) is 0 Å². The van der Waals surface area contributed by atoms with Crippen LogP contribution in [0.3, 0.4) is 0 Å². The van der Waals surface area contributed by atoms with Crippen molar-refractivity contribution in [2.24, 2.45) is 0 Å². The summed E-state index contributed by atoms with van der Waals surface area (Å²) in [6.07, 6.45) is 1.64. The Labute approximate surface area is 110 Å². The van der Waals surface area contributed by atoms with Crippen molar-refractivity contribution in [3.05, 3.63) is 29.6 Å². The lowest BCUT2D eigenvalue weighted by Crippen LogP contribution is -2.41. The second-order valence-corrected chi connectivity index (χ2v) is 4.59. The maximum atomic E-state index is 12.0. The highest BCUT2D eigenvalue weighted by atomic mass is 16.5. The number of aromatic carboxylic acids is 1. The van der Waals surface area contributed by atoms with Crippen LogP contribution in [0, 0.1) is 0 Å². The minimum absolute atomic E-state index is 0.0477. The molecule has 1 saturated heterocycles. The fraction of sp³-hybridized carbons (Fsp3) is 0.462. The summed E-state index contributed by atoms with van der Waals surface area (Å²) in [6, 6.07) is 4.42. The molecule has 1 aromatic heterocycles. The van der Waals surface area contributed by atoms with Crippen LogP contribution in [-0.2, 0) is 4.74 Å². The summed E-state index contributed by atoms with van der Waals surface area (Å²) in [4.78, 5) is 26.6. The van der Waals surface area contributed by atoms with E-state index in [1.54, 1.807) is 0 Å². The van der Waals surface area contributed by atoms with Crippen molar-refractivity contribution in [1.82, 2.24) is 10.3 Å². The van der Waals surface area contributed by atoms with Gasteiger partial charge in [0.25, 0.3) is 5.91 Å². The van der Waals surface area contributed by atoms with Crippen LogP contribution in [0.4, 0.5) is 0 Å². The Morgan fingerprint density at radius 3 is 2.84 bits per heavy atom. The predicted molar refractivity (Wildman–Crippen MR) is 67.1 cm³/mol. The second-order valence-electron chi connectivity index (χ2n) is 4.59. The third-order valence-corrected chi connectivity index (χ3v) is 3.02. The van der Waals surface area contributed by atoms with Crippen molar-refractivity contribution in [1.29, 1.82) is 0 Å². The van der Waals surface area contributed by atoms with Crippen molar-refractivity contribution < 1.29 is 19.4 Å². The van der Waals surface area contributed by atoms with Gasteiger partial charge in [-0.2, -0.15) is 0 Å². The summed E-state index contributed by atoms with van der Waals surface area (Å²) in [5, 5.41) is 11.7. The number of ether oxygens (including phenoxy) is 1. The van der Waals surface area contributed by atoms with E-state index in [-0.39, 0.29) is 29.4 Å². The zero-order chi connectivity index (χ0) is 13.8. The lowest BCUT2D eigenvalue weighted by atomic mass is 10.0. The maximum absolute atomic E-state index is 12.0. The van der Waals surface area contributed by atoms with Crippen molar-refractivity contribution in [3.63, 3.8) is 0 Å². The number of carbonyl (C=O) groups excluding carboxylic acids is 1. The van der Waals surface area contributed by atoms with Crippen LogP contribution < -0.4 is 5.32 Å². The molecule has 0 saturated carbocycles. The van der Waals surface area contributed by atoms with Crippen LogP contribution in [0.5, 0.6) is 0 Å². The summed E-state index contributed by atoms with van der Waals surface area (Å²) in [5.41, 5.74) is -0.00737. The molecule has 1 fully saturated rings. The molecule has 2 atom stereocenters. The van der Waals surface area contributed by atoms with E-state index >= 15 is 0 Å². The van der Waals surface area contributed by atoms with Gasteiger partial charge in [-0.05, 0) is 31.9 Å². The number of hydrogen-bond acceptors (Lipinski definition) is 4. The average Bonchev–Trinajstić information content (AvgIpc) is 2.39. The van der Waals surface area contributed by atoms with E-state index in [4.69, 9.17) is 9.84 Å². The molecule has 0 bridgehead atoms. The number of carbonyl (C=O) groups is 2. The van der Waals surface area contributed by atoms with Gasteiger partial charge >= 0.3 is 5.97 Å². The fourth-order valence-corrected chi connectivity index (χ4v) is 2.07. The molecule has 1 aliphatic heterocycles. The molecular weight excluding hydrogens is 248 g/mol. The summed E-state index contributed by atoms with van der Waals surface area (Å²) >= 11 is 0. The standard InChI is InChI=1S/C13H16N2O4/c1-8-7-9(5-6-19-8)14-12(16)10-3-2-4-11(15-10)13(17)18/h2-4,8-9H,5-7H2,1H3,(H,14,16)(H,17,18). The highest BCUT2D eigenvalue weighted by molar-refractivity contribution is 5.94. The molecule has 6 heteroatoms. The van der Waals surface area contributed by atoms with Gasteiger partial charge in [-0.15, -0.1) is 0 Å². The largest absolute Gasteiger partial charge is 0.477 e. The number of nitrogens with zero attached hydrogens (tertiary/aromatic N) is 1. The van der Waals surface area contributed by atoms with Gasteiger partial charge in [0.1, 0.15) is 11.4 Å². The van der Waals surface area contributed by atoms with E-state index in [0.29, 0.717) is 6.61 Å². The van der Waals surface area contributed by atoms with E-state index in [0.717, 1.165) is 12.8 Å². The molecule has 1 aromatic rings. The molecule has 0 radical (unpaired) electrons. The Bertz CT molecular complexity index is 489. The summed E-state index contributed by atoms with van der Waals surface area (Å²) in [5.74, 6) is -1.49. The number of carboxylic acids is 1. The summed E-state index contributed by atoms with van der Waals surface area (Å²) in [7, 11) is 0. The van der Waals surface area contributed by atoms with Crippen LogP contribution in [0.1, 0.15) is 40.7 Å². The molecule has 102 valence electrons. The highest BCUT2D eigenvalue weighted by Crippen LogP contribution is 2.13. The van der Waals surface area contributed by atoms with Crippen LogP contribution in [-0.4, -0.2) is 40.7 Å². The van der Waals surface area contributed by atoms with E-state index < -0.39 is 5.97 Å². The first-order chi connectivity index (χ1) is 9.06. The molecular formula is C13H16N2O4. The number of amides is 1. The van der Waals surface area contributed by atoms with Crippen molar-refractivity contribution in [2.45, 2.75) is 31.9 Å². The van der Waals surface area contributed by atoms with Gasteiger partial charge in [-0.25, -0.2) is 9.78 Å². The lowest BCUT2D eigenvalue weighted by molar-refractivity contribution is 0.0136. The smallest absolute Gasteiger partial charge is 0.354 e. The minimum Gasteiger partial charge on any atom is -0.477 e. The fourth-order valence-electron chi connectivity index (χ4n) is 2.07. The Kier molecular flexibility index (Phi) is 4.11. The van der Waals surface area contributed by atoms with Gasteiger partial charge in [0.2, 0.25) is 0 Å². The molecule has 19 heavy (non-hydrogen) atoms.